The highest BCUT2D eigenvalue weighted by atomic mass is 19.1. The molecule has 0 spiro atoms. The summed E-state index contributed by atoms with van der Waals surface area (Å²) in [5.74, 6) is -0.219. The molecule has 2 aromatic rings. The van der Waals surface area contributed by atoms with Crippen LogP contribution in [0.3, 0.4) is 0 Å². The first kappa shape index (κ1) is 15.7. The summed E-state index contributed by atoms with van der Waals surface area (Å²) in [6, 6.07) is 16.8. The molecule has 2 rings (SSSR count). The van der Waals surface area contributed by atoms with Crippen LogP contribution in [-0.4, -0.2) is 22.7 Å². The minimum absolute atomic E-state index is 0.219. The quantitative estimate of drug-likeness (QED) is 0.841. The molecule has 21 heavy (non-hydrogen) atoms. The summed E-state index contributed by atoms with van der Waals surface area (Å²) < 4.78 is 13.3. The van der Waals surface area contributed by atoms with Crippen LogP contribution < -0.4 is 0 Å². The van der Waals surface area contributed by atoms with Gasteiger partial charge < -0.3 is 5.11 Å². The lowest BCUT2D eigenvalue weighted by atomic mass is 10.1. The monoisotopic (exact) mass is 287 g/mol. The Morgan fingerprint density at radius 2 is 1.67 bits per heavy atom. The van der Waals surface area contributed by atoms with Gasteiger partial charge in [0.05, 0.1) is 6.10 Å². The average molecular weight is 287 g/mol. The van der Waals surface area contributed by atoms with Crippen LogP contribution in [0, 0.1) is 5.82 Å². The van der Waals surface area contributed by atoms with Gasteiger partial charge in [-0.05, 0) is 29.7 Å². The van der Waals surface area contributed by atoms with Gasteiger partial charge in [-0.2, -0.15) is 0 Å². The summed E-state index contributed by atoms with van der Waals surface area (Å²) in [7, 11) is 0. The van der Waals surface area contributed by atoms with Gasteiger partial charge in [0.2, 0.25) is 0 Å². The lowest BCUT2D eigenvalue weighted by Crippen LogP contribution is -2.31. The summed E-state index contributed by atoms with van der Waals surface area (Å²) in [5.41, 5.74) is 2.12. The summed E-state index contributed by atoms with van der Waals surface area (Å²) in [6.45, 7) is 3.92. The fourth-order valence-corrected chi connectivity index (χ4v) is 2.35. The Labute approximate surface area is 125 Å². The molecule has 0 aromatic heterocycles. The van der Waals surface area contributed by atoms with Crippen LogP contribution >= 0.6 is 0 Å². The number of aliphatic hydroxyl groups excluding tert-OH is 1. The predicted molar refractivity (Wildman–Crippen MR) is 83.3 cm³/mol. The molecule has 2 aromatic carbocycles. The number of aliphatic hydroxyl groups is 1. The second-order valence-electron chi connectivity index (χ2n) is 5.35. The van der Waals surface area contributed by atoms with Crippen LogP contribution in [-0.2, 0) is 13.1 Å². The molecule has 112 valence electrons. The Kier molecular flexibility index (Phi) is 5.90. The highest BCUT2D eigenvalue weighted by molar-refractivity contribution is 5.18. The smallest absolute Gasteiger partial charge is 0.123 e. The minimum atomic E-state index is -0.359. The highest BCUT2D eigenvalue weighted by Crippen LogP contribution is 2.12. The lowest BCUT2D eigenvalue weighted by molar-refractivity contribution is 0.101. The van der Waals surface area contributed by atoms with Crippen molar-refractivity contribution in [1.82, 2.24) is 4.90 Å². The first-order chi connectivity index (χ1) is 10.2. The van der Waals surface area contributed by atoms with Crippen molar-refractivity contribution >= 4 is 0 Å². The molecule has 1 atom stereocenters. The molecule has 0 bridgehead atoms. The van der Waals surface area contributed by atoms with Crippen molar-refractivity contribution in [3.05, 3.63) is 71.5 Å². The highest BCUT2D eigenvalue weighted by Gasteiger charge is 2.12. The zero-order valence-corrected chi connectivity index (χ0v) is 12.4. The van der Waals surface area contributed by atoms with Gasteiger partial charge in [0.15, 0.2) is 0 Å². The average Bonchev–Trinajstić information content (AvgIpc) is 2.48. The van der Waals surface area contributed by atoms with E-state index in [-0.39, 0.29) is 11.9 Å². The molecular weight excluding hydrogens is 265 g/mol. The van der Waals surface area contributed by atoms with Crippen LogP contribution in [0.25, 0.3) is 0 Å². The van der Waals surface area contributed by atoms with Gasteiger partial charge in [0, 0.05) is 19.6 Å². The minimum Gasteiger partial charge on any atom is -0.392 e. The molecule has 0 heterocycles. The van der Waals surface area contributed by atoms with Crippen molar-refractivity contribution in [1.29, 1.82) is 0 Å². The fraction of sp³-hybridized carbons (Fsp3) is 0.333. The van der Waals surface area contributed by atoms with E-state index in [0.29, 0.717) is 19.5 Å². The first-order valence-electron chi connectivity index (χ1n) is 7.36. The summed E-state index contributed by atoms with van der Waals surface area (Å²) in [5, 5.41) is 9.92. The van der Waals surface area contributed by atoms with E-state index < -0.39 is 0 Å². The molecular formula is C18H22FNO. The van der Waals surface area contributed by atoms with Gasteiger partial charge >= 0.3 is 0 Å². The maximum absolute atomic E-state index is 13.3. The van der Waals surface area contributed by atoms with Crippen molar-refractivity contribution in [3.8, 4) is 0 Å². The second kappa shape index (κ2) is 7.91. The Bertz CT molecular complexity index is 544. The van der Waals surface area contributed by atoms with E-state index in [1.165, 1.54) is 11.6 Å². The third-order valence-electron chi connectivity index (χ3n) is 3.48. The molecule has 0 saturated heterocycles. The molecule has 0 unspecified atom stereocenters. The zero-order valence-electron chi connectivity index (χ0n) is 12.4. The van der Waals surface area contributed by atoms with Crippen LogP contribution in [0.2, 0.25) is 0 Å². The van der Waals surface area contributed by atoms with E-state index in [2.05, 4.69) is 17.0 Å². The summed E-state index contributed by atoms with van der Waals surface area (Å²) in [6.07, 6.45) is 0.358. The molecule has 0 saturated carbocycles. The van der Waals surface area contributed by atoms with Gasteiger partial charge in [-0.25, -0.2) is 4.39 Å². The van der Waals surface area contributed by atoms with Crippen molar-refractivity contribution in [2.45, 2.75) is 32.5 Å². The Morgan fingerprint density at radius 3 is 2.33 bits per heavy atom. The van der Waals surface area contributed by atoms with Crippen molar-refractivity contribution < 1.29 is 9.50 Å². The zero-order chi connectivity index (χ0) is 15.1. The second-order valence-corrected chi connectivity index (χ2v) is 5.35. The normalized spacial score (nSPS) is 12.6. The first-order valence-corrected chi connectivity index (χ1v) is 7.36. The third kappa shape index (κ3) is 5.29. The van der Waals surface area contributed by atoms with E-state index in [9.17, 15) is 9.50 Å². The van der Waals surface area contributed by atoms with Gasteiger partial charge in [0.1, 0.15) is 5.82 Å². The largest absolute Gasteiger partial charge is 0.392 e. The van der Waals surface area contributed by atoms with E-state index in [1.807, 2.05) is 31.2 Å². The van der Waals surface area contributed by atoms with Crippen LogP contribution in [0.1, 0.15) is 24.5 Å². The molecule has 0 radical (unpaired) electrons. The van der Waals surface area contributed by atoms with E-state index in [4.69, 9.17) is 0 Å². The van der Waals surface area contributed by atoms with Crippen molar-refractivity contribution in [2.24, 2.45) is 0 Å². The maximum atomic E-state index is 13.3. The Morgan fingerprint density at radius 1 is 1.00 bits per heavy atom. The fourth-order valence-electron chi connectivity index (χ4n) is 2.35. The maximum Gasteiger partial charge on any atom is 0.123 e. The van der Waals surface area contributed by atoms with Crippen LogP contribution in [0.5, 0.6) is 0 Å². The van der Waals surface area contributed by atoms with Crippen molar-refractivity contribution in [3.63, 3.8) is 0 Å². The van der Waals surface area contributed by atoms with Crippen molar-refractivity contribution in [2.75, 3.05) is 6.54 Å². The third-order valence-corrected chi connectivity index (χ3v) is 3.48. The Hall–Kier alpha value is -1.71. The van der Waals surface area contributed by atoms with E-state index >= 15 is 0 Å². The molecule has 0 aliphatic carbocycles. The van der Waals surface area contributed by atoms with Gasteiger partial charge in [-0.3, -0.25) is 4.90 Å². The molecule has 0 amide bonds. The number of hydrogen-bond donors (Lipinski definition) is 1. The molecule has 2 nitrogen and oxygen atoms in total. The number of halogens is 1. The number of rotatable bonds is 7. The Balaban J connectivity index is 2.08. The number of nitrogens with zero attached hydrogens (tertiary/aromatic N) is 1. The molecule has 0 aliphatic heterocycles. The topological polar surface area (TPSA) is 23.5 Å². The summed E-state index contributed by atoms with van der Waals surface area (Å²) >= 11 is 0. The molecule has 1 N–H and O–H groups in total. The van der Waals surface area contributed by atoms with Crippen LogP contribution in [0.4, 0.5) is 4.39 Å². The van der Waals surface area contributed by atoms with E-state index in [0.717, 1.165) is 12.1 Å². The summed E-state index contributed by atoms with van der Waals surface area (Å²) in [4.78, 5) is 2.15. The van der Waals surface area contributed by atoms with Gasteiger partial charge in [-0.15, -0.1) is 0 Å². The molecule has 3 heteroatoms. The standard InChI is InChI=1S/C18H22FNO/c1-2-18(21)14-20(12-15-7-4-3-5-8-15)13-16-9-6-10-17(19)11-16/h3-11,18,21H,2,12-14H2,1H3/t18-/m0/s1. The number of benzene rings is 2. The van der Waals surface area contributed by atoms with Crippen LogP contribution in [0.15, 0.2) is 54.6 Å². The lowest BCUT2D eigenvalue weighted by Gasteiger charge is -2.25. The predicted octanol–water partition coefficient (Wildman–Crippen LogP) is 3.60. The van der Waals surface area contributed by atoms with Gasteiger partial charge in [0.25, 0.3) is 0 Å². The van der Waals surface area contributed by atoms with Gasteiger partial charge in [-0.1, -0.05) is 49.4 Å². The van der Waals surface area contributed by atoms with E-state index in [1.54, 1.807) is 12.1 Å². The molecule has 0 fully saturated rings. The number of hydrogen-bond acceptors (Lipinski definition) is 2. The molecule has 0 aliphatic rings. The SMILES string of the molecule is CC[C@H](O)CN(Cc1ccccc1)Cc1cccc(F)c1.